The standard InChI is InChI=1S/C14H23N5OS/c1-11(13(20)18-9-5-2-6-10-18)21-14-15-16-17-19(14)12-7-3-4-8-12/h11-12H,2-10H2,1H3. The Hall–Kier alpha value is -1.11. The van der Waals surface area contributed by atoms with Crippen molar-refractivity contribution in [3.63, 3.8) is 0 Å². The molecular formula is C14H23N5OS. The summed E-state index contributed by atoms with van der Waals surface area (Å²) >= 11 is 1.50. The predicted molar refractivity (Wildman–Crippen MR) is 81.1 cm³/mol. The van der Waals surface area contributed by atoms with Crippen LogP contribution < -0.4 is 0 Å². The van der Waals surface area contributed by atoms with Crippen LogP contribution >= 0.6 is 11.8 Å². The maximum Gasteiger partial charge on any atom is 0.235 e. The highest BCUT2D eigenvalue weighted by molar-refractivity contribution is 8.00. The third kappa shape index (κ3) is 3.39. The summed E-state index contributed by atoms with van der Waals surface area (Å²) in [4.78, 5) is 14.5. The van der Waals surface area contributed by atoms with Crippen LogP contribution in [0, 0.1) is 0 Å². The van der Waals surface area contributed by atoms with E-state index in [4.69, 9.17) is 0 Å². The van der Waals surface area contributed by atoms with Gasteiger partial charge in [-0.25, -0.2) is 4.68 Å². The number of nitrogens with zero attached hydrogens (tertiary/aromatic N) is 5. The summed E-state index contributed by atoms with van der Waals surface area (Å²) in [5.41, 5.74) is 0. The minimum absolute atomic E-state index is 0.116. The lowest BCUT2D eigenvalue weighted by Crippen LogP contribution is -2.40. The first kappa shape index (κ1) is 14.8. The predicted octanol–water partition coefficient (Wildman–Crippen LogP) is 2.28. The number of hydrogen-bond donors (Lipinski definition) is 0. The number of hydrogen-bond acceptors (Lipinski definition) is 5. The van der Waals surface area contributed by atoms with E-state index in [0.29, 0.717) is 6.04 Å². The molecular weight excluding hydrogens is 286 g/mol. The Morgan fingerprint density at radius 1 is 1.19 bits per heavy atom. The van der Waals surface area contributed by atoms with Gasteiger partial charge in [-0.05, 0) is 49.5 Å². The molecule has 3 rings (SSSR count). The van der Waals surface area contributed by atoms with E-state index in [1.165, 1.54) is 31.0 Å². The summed E-state index contributed by atoms with van der Waals surface area (Å²) in [5.74, 6) is 0.223. The Kier molecular flexibility index (Phi) is 4.77. The zero-order valence-electron chi connectivity index (χ0n) is 12.6. The number of tetrazole rings is 1. The fourth-order valence-electron chi connectivity index (χ4n) is 3.22. The molecule has 1 saturated carbocycles. The lowest BCUT2D eigenvalue weighted by molar-refractivity contribution is -0.131. The molecule has 1 atom stereocenters. The van der Waals surface area contributed by atoms with Crippen LogP contribution in [0.3, 0.4) is 0 Å². The number of likely N-dealkylation sites (tertiary alicyclic amines) is 1. The SMILES string of the molecule is CC(Sc1nnnn1C1CCCC1)C(=O)N1CCCCC1. The average molecular weight is 309 g/mol. The van der Waals surface area contributed by atoms with Crippen LogP contribution in [0.1, 0.15) is 57.9 Å². The van der Waals surface area contributed by atoms with Gasteiger partial charge in [-0.3, -0.25) is 4.79 Å². The number of thioether (sulfide) groups is 1. The third-order valence-electron chi connectivity index (χ3n) is 4.43. The summed E-state index contributed by atoms with van der Waals surface area (Å²) in [7, 11) is 0. The van der Waals surface area contributed by atoms with Crippen LogP contribution in [0.4, 0.5) is 0 Å². The second kappa shape index (κ2) is 6.77. The van der Waals surface area contributed by atoms with E-state index >= 15 is 0 Å². The van der Waals surface area contributed by atoms with Crippen molar-refractivity contribution in [3.8, 4) is 0 Å². The van der Waals surface area contributed by atoms with Gasteiger partial charge in [0.05, 0.1) is 11.3 Å². The molecule has 2 heterocycles. The minimum atomic E-state index is -0.116. The molecule has 1 saturated heterocycles. The van der Waals surface area contributed by atoms with Crippen molar-refractivity contribution in [3.05, 3.63) is 0 Å². The highest BCUT2D eigenvalue weighted by Gasteiger charge is 2.27. The normalized spacial score (nSPS) is 21.7. The lowest BCUT2D eigenvalue weighted by atomic mass is 10.1. The van der Waals surface area contributed by atoms with Crippen LogP contribution in [0.5, 0.6) is 0 Å². The molecule has 1 amide bonds. The Balaban J connectivity index is 1.63. The zero-order chi connectivity index (χ0) is 14.7. The number of aromatic nitrogens is 4. The van der Waals surface area contributed by atoms with E-state index in [1.54, 1.807) is 0 Å². The number of carbonyl (C=O) groups excluding carboxylic acids is 1. The van der Waals surface area contributed by atoms with Gasteiger partial charge in [0.25, 0.3) is 0 Å². The molecule has 2 fully saturated rings. The maximum absolute atomic E-state index is 12.5. The molecule has 21 heavy (non-hydrogen) atoms. The third-order valence-corrected chi connectivity index (χ3v) is 5.47. The number of piperidine rings is 1. The molecule has 1 aliphatic heterocycles. The van der Waals surface area contributed by atoms with Gasteiger partial charge in [0, 0.05) is 13.1 Å². The van der Waals surface area contributed by atoms with E-state index in [0.717, 1.165) is 43.9 Å². The highest BCUT2D eigenvalue weighted by Crippen LogP contribution is 2.32. The van der Waals surface area contributed by atoms with Crippen molar-refractivity contribution in [2.45, 2.75) is 68.3 Å². The minimum Gasteiger partial charge on any atom is -0.342 e. The molecule has 1 aromatic heterocycles. The van der Waals surface area contributed by atoms with Crippen molar-refractivity contribution in [2.75, 3.05) is 13.1 Å². The fourth-order valence-corrected chi connectivity index (χ4v) is 4.16. The Morgan fingerprint density at radius 3 is 2.62 bits per heavy atom. The van der Waals surface area contributed by atoms with E-state index < -0.39 is 0 Å². The van der Waals surface area contributed by atoms with Crippen molar-refractivity contribution in [2.24, 2.45) is 0 Å². The molecule has 0 spiro atoms. The molecule has 1 unspecified atom stereocenters. The summed E-state index contributed by atoms with van der Waals surface area (Å²) in [6, 6.07) is 0.416. The monoisotopic (exact) mass is 309 g/mol. The van der Waals surface area contributed by atoms with E-state index in [-0.39, 0.29) is 11.2 Å². The molecule has 2 aliphatic rings. The van der Waals surface area contributed by atoms with Gasteiger partial charge in [-0.1, -0.05) is 24.6 Å². The second-order valence-corrected chi connectivity index (χ2v) is 7.30. The van der Waals surface area contributed by atoms with Gasteiger partial charge >= 0.3 is 0 Å². The van der Waals surface area contributed by atoms with Gasteiger partial charge in [0.15, 0.2) is 0 Å². The molecule has 0 N–H and O–H groups in total. The van der Waals surface area contributed by atoms with Crippen LogP contribution in [0.15, 0.2) is 5.16 Å². The maximum atomic E-state index is 12.5. The zero-order valence-corrected chi connectivity index (χ0v) is 13.4. The largest absolute Gasteiger partial charge is 0.342 e. The number of carbonyl (C=O) groups is 1. The molecule has 0 aromatic carbocycles. The molecule has 0 bridgehead atoms. The molecule has 116 valence electrons. The number of rotatable bonds is 4. The van der Waals surface area contributed by atoms with Crippen LogP contribution in [-0.4, -0.2) is 49.4 Å². The Labute approximate surface area is 129 Å². The van der Waals surface area contributed by atoms with E-state index in [9.17, 15) is 4.79 Å². The molecule has 1 aromatic rings. The highest BCUT2D eigenvalue weighted by atomic mass is 32.2. The quantitative estimate of drug-likeness (QED) is 0.798. The van der Waals surface area contributed by atoms with Crippen molar-refractivity contribution in [1.29, 1.82) is 0 Å². The topological polar surface area (TPSA) is 63.9 Å². The van der Waals surface area contributed by atoms with Crippen LogP contribution in [0.2, 0.25) is 0 Å². The average Bonchev–Trinajstić information content (AvgIpc) is 3.18. The molecule has 7 heteroatoms. The first-order chi connectivity index (χ1) is 10.3. The summed E-state index contributed by atoms with van der Waals surface area (Å²) in [5, 5.41) is 12.7. The summed E-state index contributed by atoms with van der Waals surface area (Å²) in [6.45, 7) is 3.77. The van der Waals surface area contributed by atoms with Crippen molar-refractivity contribution < 1.29 is 4.79 Å². The van der Waals surface area contributed by atoms with Crippen LogP contribution in [0.25, 0.3) is 0 Å². The lowest BCUT2D eigenvalue weighted by Gasteiger charge is -2.28. The first-order valence-corrected chi connectivity index (χ1v) is 8.87. The van der Waals surface area contributed by atoms with Crippen LogP contribution in [-0.2, 0) is 4.79 Å². The van der Waals surface area contributed by atoms with E-state index in [1.807, 2.05) is 16.5 Å². The van der Waals surface area contributed by atoms with Gasteiger partial charge in [-0.15, -0.1) is 5.10 Å². The Morgan fingerprint density at radius 2 is 1.90 bits per heavy atom. The molecule has 0 radical (unpaired) electrons. The van der Waals surface area contributed by atoms with E-state index in [2.05, 4.69) is 15.5 Å². The molecule has 1 aliphatic carbocycles. The number of amides is 1. The first-order valence-electron chi connectivity index (χ1n) is 7.99. The van der Waals surface area contributed by atoms with Crippen molar-refractivity contribution in [1.82, 2.24) is 25.1 Å². The second-order valence-electron chi connectivity index (χ2n) is 5.99. The van der Waals surface area contributed by atoms with Gasteiger partial charge in [0.1, 0.15) is 0 Å². The molecule has 6 nitrogen and oxygen atoms in total. The Bertz CT molecular complexity index is 479. The van der Waals surface area contributed by atoms with Gasteiger partial charge < -0.3 is 4.90 Å². The smallest absolute Gasteiger partial charge is 0.235 e. The fraction of sp³-hybridized carbons (Fsp3) is 0.857. The van der Waals surface area contributed by atoms with Crippen molar-refractivity contribution >= 4 is 17.7 Å². The van der Waals surface area contributed by atoms with Gasteiger partial charge in [-0.2, -0.15) is 0 Å². The summed E-state index contributed by atoms with van der Waals surface area (Å²) < 4.78 is 1.93. The summed E-state index contributed by atoms with van der Waals surface area (Å²) in [6.07, 6.45) is 8.28. The van der Waals surface area contributed by atoms with Gasteiger partial charge in [0.2, 0.25) is 11.1 Å².